The zero-order valence-corrected chi connectivity index (χ0v) is 16.1. The van der Waals surface area contributed by atoms with E-state index in [0.717, 1.165) is 34.6 Å². The van der Waals surface area contributed by atoms with Gasteiger partial charge in [-0.05, 0) is 31.2 Å². The fraction of sp³-hybridized carbons (Fsp3) is 0.444. The van der Waals surface area contributed by atoms with E-state index < -0.39 is 0 Å². The average molecular weight is 393 g/mol. The van der Waals surface area contributed by atoms with E-state index >= 15 is 0 Å². The molecular formula is C18H20N2O4S2. The van der Waals surface area contributed by atoms with Crippen molar-refractivity contribution in [2.45, 2.75) is 23.8 Å². The standard InChI is InChI=1S/C18H20N2O4S2/c1-25-14-5-2-6-15-16(14)19-18(26-15)20(10-12-4-3-7-23-12)17(21)13-11-22-8-9-24-13/h2,5-6,11-12H,3-4,7-10H2,1H3. The number of para-hydroxylation sites is 1. The highest BCUT2D eigenvalue weighted by Crippen LogP contribution is 2.35. The zero-order valence-electron chi connectivity index (χ0n) is 14.5. The Labute approximate surface area is 160 Å². The number of fused-ring (bicyclic) bond motifs is 1. The minimum absolute atomic E-state index is 0.0242. The maximum absolute atomic E-state index is 13.1. The first-order valence-electron chi connectivity index (χ1n) is 8.58. The van der Waals surface area contributed by atoms with Gasteiger partial charge in [0.25, 0.3) is 5.91 Å². The molecule has 138 valence electrons. The first-order valence-corrected chi connectivity index (χ1v) is 10.6. The molecule has 0 radical (unpaired) electrons. The second-order valence-corrected chi connectivity index (χ2v) is 7.91. The van der Waals surface area contributed by atoms with Crippen molar-refractivity contribution in [3.63, 3.8) is 0 Å². The fourth-order valence-electron chi connectivity index (χ4n) is 3.05. The van der Waals surface area contributed by atoms with E-state index in [0.29, 0.717) is 24.9 Å². The lowest BCUT2D eigenvalue weighted by molar-refractivity contribution is -0.120. The second kappa shape index (κ2) is 7.85. The van der Waals surface area contributed by atoms with Crippen LogP contribution in [0.1, 0.15) is 12.8 Å². The first-order chi connectivity index (χ1) is 12.8. The number of carbonyl (C=O) groups is 1. The van der Waals surface area contributed by atoms with Crippen molar-refractivity contribution in [1.82, 2.24) is 4.98 Å². The molecule has 0 aliphatic carbocycles. The predicted octanol–water partition coefficient (Wildman–Crippen LogP) is 3.42. The molecule has 0 spiro atoms. The third-order valence-electron chi connectivity index (χ3n) is 4.34. The van der Waals surface area contributed by atoms with E-state index in [9.17, 15) is 4.79 Å². The molecule has 1 aromatic carbocycles. The van der Waals surface area contributed by atoms with Crippen LogP contribution >= 0.6 is 23.1 Å². The number of benzene rings is 1. The van der Waals surface area contributed by atoms with Crippen molar-refractivity contribution in [2.24, 2.45) is 0 Å². The molecule has 1 unspecified atom stereocenters. The molecule has 8 heteroatoms. The van der Waals surface area contributed by atoms with E-state index in [2.05, 4.69) is 0 Å². The summed E-state index contributed by atoms with van der Waals surface area (Å²) in [6.07, 6.45) is 5.42. The van der Waals surface area contributed by atoms with E-state index in [4.69, 9.17) is 19.2 Å². The SMILES string of the molecule is CSc1cccc2sc(N(CC3CCCO3)C(=O)C3=COCCO3)nc12. The van der Waals surface area contributed by atoms with Crippen LogP contribution in [0.2, 0.25) is 0 Å². The van der Waals surface area contributed by atoms with Gasteiger partial charge in [0.1, 0.15) is 19.5 Å². The molecule has 1 saturated heterocycles. The van der Waals surface area contributed by atoms with E-state index in [-0.39, 0.29) is 17.8 Å². The molecule has 2 aromatic rings. The van der Waals surface area contributed by atoms with E-state index in [1.54, 1.807) is 16.7 Å². The number of aromatic nitrogens is 1. The maximum Gasteiger partial charge on any atom is 0.298 e. The summed E-state index contributed by atoms with van der Waals surface area (Å²) >= 11 is 3.16. The summed E-state index contributed by atoms with van der Waals surface area (Å²) in [6, 6.07) is 6.09. The summed E-state index contributed by atoms with van der Waals surface area (Å²) in [7, 11) is 0. The summed E-state index contributed by atoms with van der Waals surface area (Å²) in [6.45, 7) is 2.04. The normalized spacial score (nSPS) is 19.7. The van der Waals surface area contributed by atoms with Crippen molar-refractivity contribution in [3.05, 3.63) is 30.2 Å². The molecule has 1 fully saturated rings. The van der Waals surface area contributed by atoms with Crippen LogP contribution in [-0.2, 0) is 19.0 Å². The number of nitrogens with zero attached hydrogens (tertiary/aromatic N) is 2. The Morgan fingerprint density at radius 1 is 1.38 bits per heavy atom. The smallest absolute Gasteiger partial charge is 0.298 e. The molecule has 6 nitrogen and oxygen atoms in total. The number of ether oxygens (including phenoxy) is 3. The molecule has 2 aliphatic heterocycles. The van der Waals surface area contributed by atoms with Gasteiger partial charge in [-0.15, -0.1) is 11.8 Å². The Kier molecular flexibility index (Phi) is 5.33. The second-order valence-electron chi connectivity index (χ2n) is 6.06. The average Bonchev–Trinajstić information content (AvgIpc) is 3.35. The fourth-order valence-corrected chi connectivity index (χ4v) is 4.67. The summed E-state index contributed by atoms with van der Waals surface area (Å²) in [5.41, 5.74) is 0.930. The van der Waals surface area contributed by atoms with Gasteiger partial charge in [-0.3, -0.25) is 9.69 Å². The van der Waals surface area contributed by atoms with Crippen LogP contribution in [0.4, 0.5) is 5.13 Å². The monoisotopic (exact) mass is 392 g/mol. The number of thioether (sulfide) groups is 1. The van der Waals surface area contributed by atoms with Crippen LogP contribution in [0, 0.1) is 0 Å². The third-order valence-corrected chi connectivity index (χ3v) is 6.15. The Bertz CT molecular complexity index is 830. The van der Waals surface area contributed by atoms with Gasteiger partial charge < -0.3 is 14.2 Å². The lowest BCUT2D eigenvalue weighted by Gasteiger charge is -2.25. The molecule has 1 aromatic heterocycles. The van der Waals surface area contributed by atoms with Crippen LogP contribution in [0.25, 0.3) is 10.2 Å². The van der Waals surface area contributed by atoms with Gasteiger partial charge in [0.2, 0.25) is 5.76 Å². The molecule has 0 N–H and O–H groups in total. The van der Waals surface area contributed by atoms with Gasteiger partial charge in [-0.2, -0.15) is 0 Å². The highest BCUT2D eigenvalue weighted by Gasteiger charge is 2.30. The quantitative estimate of drug-likeness (QED) is 0.727. The van der Waals surface area contributed by atoms with Crippen LogP contribution in [-0.4, -0.2) is 49.6 Å². The Hall–Kier alpha value is -1.77. The Morgan fingerprint density at radius 2 is 2.31 bits per heavy atom. The minimum atomic E-state index is -0.232. The number of anilines is 1. The molecule has 4 rings (SSSR count). The van der Waals surface area contributed by atoms with Crippen molar-refractivity contribution < 1.29 is 19.0 Å². The number of rotatable bonds is 5. The largest absolute Gasteiger partial charge is 0.494 e. The van der Waals surface area contributed by atoms with Crippen LogP contribution < -0.4 is 4.90 Å². The number of amides is 1. The maximum atomic E-state index is 13.1. The lowest BCUT2D eigenvalue weighted by Crippen LogP contribution is -2.39. The van der Waals surface area contributed by atoms with Gasteiger partial charge >= 0.3 is 0 Å². The van der Waals surface area contributed by atoms with Crippen molar-refractivity contribution in [2.75, 3.05) is 37.5 Å². The van der Waals surface area contributed by atoms with Crippen molar-refractivity contribution >= 4 is 44.4 Å². The Balaban J connectivity index is 1.69. The van der Waals surface area contributed by atoms with Crippen LogP contribution in [0.5, 0.6) is 0 Å². The van der Waals surface area contributed by atoms with Gasteiger partial charge in [-0.25, -0.2) is 4.98 Å². The molecule has 26 heavy (non-hydrogen) atoms. The number of hydrogen-bond donors (Lipinski definition) is 0. The van der Waals surface area contributed by atoms with E-state index in [1.165, 1.54) is 17.6 Å². The molecule has 2 aliphatic rings. The number of thiazole rings is 1. The molecule has 0 bridgehead atoms. The number of carbonyl (C=O) groups excluding carboxylic acids is 1. The topological polar surface area (TPSA) is 60.9 Å². The highest BCUT2D eigenvalue weighted by molar-refractivity contribution is 7.98. The molecular weight excluding hydrogens is 372 g/mol. The molecule has 1 amide bonds. The van der Waals surface area contributed by atoms with Gasteiger partial charge in [-0.1, -0.05) is 17.4 Å². The zero-order chi connectivity index (χ0) is 17.9. The summed E-state index contributed by atoms with van der Waals surface area (Å²) in [5, 5.41) is 0.664. The van der Waals surface area contributed by atoms with Crippen LogP contribution in [0.15, 0.2) is 35.1 Å². The highest BCUT2D eigenvalue weighted by atomic mass is 32.2. The van der Waals surface area contributed by atoms with Crippen LogP contribution in [0.3, 0.4) is 0 Å². The lowest BCUT2D eigenvalue weighted by atomic mass is 10.2. The van der Waals surface area contributed by atoms with Gasteiger partial charge in [0.15, 0.2) is 5.13 Å². The third kappa shape index (κ3) is 3.54. The molecule has 0 saturated carbocycles. The van der Waals surface area contributed by atoms with Gasteiger partial charge in [0, 0.05) is 11.5 Å². The predicted molar refractivity (Wildman–Crippen MR) is 103 cm³/mol. The summed E-state index contributed by atoms with van der Waals surface area (Å²) in [5.74, 6) is -0.0106. The van der Waals surface area contributed by atoms with Crippen molar-refractivity contribution in [3.8, 4) is 0 Å². The molecule has 3 heterocycles. The summed E-state index contributed by atoms with van der Waals surface area (Å²) in [4.78, 5) is 20.6. The van der Waals surface area contributed by atoms with Crippen molar-refractivity contribution in [1.29, 1.82) is 0 Å². The molecule has 1 atom stereocenters. The Morgan fingerprint density at radius 3 is 3.04 bits per heavy atom. The first kappa shape index (κ1) is 17.6. The van der Waals surface area contributed by atoms with Gasteiger partial charge in [0.05, 0.1) is 22.9 Å². The summed E-state index contributed by atoms with van der Waals surface area (Å²) < 4.78 is 17.6. The van der Waals surface area contributed by atoms with E-state index in [1.807, 2.05) is 24.5 Å². The number of hydrogen-bond acceptors (Lipinski definition) is 7. The minimum Gasteiger partial charge on any atom is -0.494 e.